The Morgan fingerprint density at radius 3 is 2.82 bits per heavy atom. The molecule has 39 heavy (non-hydrogen) atoms. The molecule has 1 N–H and O–H groups in total. The Bertz CT molecular complexity index is 1080. The fourth-order valence-electron chi connectivity index (χ4n) is 9.44. The largest absolute Gasteiger partial charge is 0.508 e. The van der Waals surface area contributed by atoms with Gasteiger partial charge in [-0.05, 0) is 57.4 Å². The summed E-state index contributed by atoms with van der Waals surface area (Å²) in [7, 11) is 1.66. The van der Waals surface area contributed by atoms with Gasteiger partial charge in [0.15, 0.2) is 11.5 Å². The van der Waals surface area contributed by atoms with E-state index in [0.29, 0.717) is 36.4 Å². The molecule has 6 heteroatoms. The predicted octanol–water partition coefficient (Wildman–Crippen LogP) is 5.98. The number of likely N-dealkylation sites (N-methyl/N-ethyl adjacent to an activating group) is 1. The molecule has 6 rings (SSSR count). The molecule has 2 saturated carbocycles. The van der Waals surface area contributed by atoms with Gasteiger partial charge in [0.05, 0.1) is 13.2 Å². The van der Waals surface area contributed by atoms with Crippen molar-refractivity contribution in [1.29, 1.82) is 0 Å². The Morgan fingerprint density at radius 2 is 2.08 bits per heavy atom. The van der Waals surface area contributed by atoms with Crippen LogP contribution in [0, 0.1) is 11.8 Å². The molecule has 6 nitrogen and oxygen atoms in total. The number of phenols is 1. The molecule has 1 aromatic carbocycles. The van der Waals surface area contributed by atoms with Crippen molar-refractivity contribution in [2.45, 2.75) is 114 Å². The average Bonchev–Trinajstić information content (AvgIpc) is 3.29. The van der Waals surface area contributed by atoms with Crippen LogP contribution in [0.2, 0.25) is 0 Å². The van der Waals surface area contributed by atoms with Crippen molar-refractivity contribution in [3.05, 3.63) is 29.8 Å². The smallest absolute Gasteiger partial charge is 0.222 e. The van der Waals surface area contributed by atoms with Gasteiger partial charge in [-0.15, -0.1) is 6.58 Å². The molecule has 0 aromatic heterocycles. The Hall–Kier alpha value is -2.21. The Labute approximate surface area is 234 Å². The highest BCUT2D eigenvalue weighted by Gasteiger charge is 2.67. The minimum absolute atomic E-state index is 0.0499. The van der Waals surface area contributed by atoms with Crippen LogP contribution in [-0.2, 0) is 16.6 Å². The normalized spacial score (nSPS) is 31.3. The maximum Gasteiger partial charge on any atom is 0.222 e. The number of hydrogen-bond donors (Lipinski definition) is 1. The molecule has 1 aromatic rings. The number of benzene rings is 1. The molecule has 214 valence electrons. The fraction of sp³-hybridized carbons (Fsp3) is 0.727. The zero-order chi connectivity index (χ0) is 27.1. The topological polar surface area (TPSA) is 62.2 Å². The van der Waals surface area contributed by atoms with E-state index >= 15 is 0 Å². The Morgan fingerprint density at radius 1 is 1.26 bits per heavy atom. The van der Waals surface area contributed by atoms with Gasteiger partial charge in [-0.1, -0.05) is 51.0 Å². The molecule has 0 radical (unpaired) electrons. The number of piperidine rings is 1. The summed E-state index contributed by atoms with van der Waals surface area (Å²) in [6.07, 6.45) is 16.8. The molecule has 1 amide bonds. The predicted molar refractivity (Wildman–Crippen MR) is 154 cm³/mol. The Balaban J connectivity index is 1.26. The van der Waals surface area contributed by atoms with Crippen LogP contribution in [0.25, 0.3) is 0 Å². The van der Waals surface area contributed by atoms with E-state index < -0.39 is 0 Å². The lowest BCUT2D eigenvalue weighted by Crippen LogP contribution is -2.69. The SMILES string of the molecule is C=CCN1CC[C@]23c4c5c(O)cc(OC)c4O[C@H]2[C@@H](N(CC)C(=O)CCCCC2CCCCC2)CC[C@H]3[C@H]1C5. The molecule has 2 bridgehead atoms. The number of hydrogen-bond acceptors (Lipinski definition) is 5. The van der Waals surface area contributed by atoms with Gasteiger partial charge >= 0.3 is 0 Å². The number of nitrogens with zero attached hydrogens (tertiary/aromatic N) is 2. The van der Waals surface area contributed by atoms with E-state index in [4.69, 9.17) is 9.47 Å². The zero-order valence-corrected chi connectivity index (χ0v) is 24.1. The lowest BCUT2D eigenvalue weighted by atomic mass is 9.50. The van der Waals surface area contributed by atoms with E-state index in [1.165, 1.54) is 44.1 Å². The molecule has 1 spiro atoms. The number of phenolic OH excluding ortho intramolecular Hbond substituents is 1. The van der Waals surface area contributed by atoms with Crippen LogP contribution in [0.1, 0.15) is 95.1 Å². The molecule has 3 fully saturated rings. The standard InChI is InChI=1S/C33H48N2O4/c1-4-18-34-19-17-33-24-15-16-25(35(5-2)29(37)14-10-9-13-22-11-7-6-8-12-22)32(33)39-31-28(38-3)21-27(36)23(30(31)33)20-26(24)34/h4,21-22,24-26,32,36H,1,5-20H2,2-3H3/t24-,25-,26+,32-,33-/m0/s1. The number of carbonyl (C=O) groups is 1. The summed E-state index contributed by atoms with van der Waals surface area (Å²) >= 11 is 0. The third-order valence-corrected chi connectivity index (χ3v) is 11.1. The number of likely N-dealkylation sites (tertiary alicyclic amines) is 1. The first-order chi connectivity index (χ1) is 19.0. The lowest BCUT2D eigenvalue weighted by Gasteiger charge is -2.60. The van der Waals surface area contributed by atoms with E-state index in [1.807, 2.05) is 6.08 Å². The van der Waals surface area contributed by atoms with E-state index in [0.717, 1.165) is 68.8 Å². The summed E-state index contributed by atoms with van der Waals surface area (Å²) in [4.78, 5) is 18.4. The first kappa shape index (κ1) is 27.0. The first-order valence-electron chi connectivity index (χ1n) is 15.8. The van der Waals surface area contributed by atoms with Crippen LogP contribution in [0.3, 0.4) is 0 Å². The number of ether oxygens (including phenoxy) is 2. The zero-order valence-electron chi connectivity index (χ0n) is 24.1. The second-order valence-electron chi connectivity index (χ2n) is 12.8. The number of unbranched alkanes of at least 4 members (excludes halogenated alkanes) is 1. The lowest BCUT2D eigenvalue weighted by molar-refractivity contribution is -0.142. The summed E-state index contributed by atoms with van der Waals surface area (Å²) in [6.45, 7) is 8.71. The summed E-state index contributed by atoms with van der Waals surface area (Å²) in [5, 5.41) is 11.2. The molecular formula is C33H48N2O4. The van der Waals surface area contributed by atoms with E-state index in [-0.39, 0.29) is 23.5 Å². The van der Waals surface area contributed by atoms with E-state index in [9.17, 15) is 9.90 Å². The first-order valence-corrected chi connectivity index (χ1v) is 15.8. The number of rotatable bonds is 10. The third kappa shape index (κ3) is 4.36. The van der Waals surface area contributed by atoms with Crippen molar-refractivity contribution in [1.82, 2.24) is 9.80 Å². The van der Waals surface area contributed by atoms with Crippen LogP contribution in [0.4, 0.5) is 0 Å². The van der Waals surface area contributed by atoms with Gasteiger partial charge in [-0.3, -0.25) is 9.69 Å². The van der Waals surface area contributed by atoms with Crippen LogP contribution in [-0.4, -0.2) is 65.7 Å². The van der Waals surface area contributed by atoms with Gasteiger partial charge in [0.25, 0.3) is 0 Å². The van der Waals surface area contributed by atoms with Crippen molar-refractivity contribution in [2.75, 3.05) is 26.7 Å². The van der Waals surface area contributed by atoms with Gasteiger partial charge in [0.1, 0.15) is 11.9 Å². The Kier molecular flexibility index (Phi) is 7.60. The second kappa shape index (κ2) is 11.0. The van der Waals surface area contributed by atoms with Crippen LogP contribution in [0.15, 0.2) is 18.7 Å². The van der Waals surface area contributed by atoms with Crippen LogP contribution >= 0.6 is 0 Å². The highest BCUT2D eigenvalue weighted by atomic mass is 16.5. The molecule has 2 heterocycles. The number of amides is 1. The maximum atomic E-state index is 13.7. The molecule has 5 atom stereocenters. The molecular weight excluding hydrogens is 488 g/mol. The van der Waals surface area contributed by atoms with Gasteiger partial charge in [-0.2, -0.15) is 0 Å². The molecule has 2 aliphatic heterocycles. The van der Waals surface area contributed by atoms with Crippen LogP contribution in [0.5, 0.6) is 17.2 Å². The number of aromatic hydroxyl groups is 1. The highest BCUT2D eigenvalue weighted by Crippen LogP contribution is 2.65. The molecule has 3 aliphatic carbocycles. The van der Waals surface area contributed by atoms with Gasteiger partial charge < -0.3 is 19.5 Å². The van der Waals surface area contributed by atoms with Crippen molar-refractivity contribution in [3.63, 3.8) is 0 Å². The van der Waals surface area contributed by atoms with Gasteiger partial charge in [0, 0.05) is 48.2 Å². The van der Waals surface area contributed by atoms with E-state index in [2.05, 4.69) is 23.3 Å². The van der Waals surface area contributed by atoms with Crippen molar-refractivity contribution in [2.24, 2.45) is 11.8 Å². The molecule has 1 saturated heterocycles. The summed E-state index contributed by atoms with van der Waals surface area (Å²) in [5.74, 6) is 3.36. The minimum atomic E-state index is -0.186. The fourth-order valence-corrected chi connectivity index (χ4v) is 9.44. The number of methoxy groups -OCH3 is 1. The van der Waals surface area contributed by atoms with Crippen molar-refractivity contribution < 1.29 is 19.4 Å². The average molecular weight is 537 g/mol. The third-order valence-electron chi connectivity index (χ3n) is 11.1. The van der Waals surface area contributed by atoms with Crippen LogP contribution < -0.4 is 9.47 Å². The van der Waals surface area contributed by atoms with E-state index in [1.54, 1.807) is 13.2 Å². The van der Waals surface area contributed by atoms with Gasteiger partial charge in [0.2, 0.25) is 5.91 Å². The summed E-state index contributed by atoms with van der Waals surface area (Å²) < 4.78 is 12.7. The monoisotopic (exact) mass is 536 g/mol. The molecule has 0 unspecified atom stereocenters. The maximum absolute atomic E-state index is 13.7. The van der Waals surface area contributed by atoms with Crippen molar-refractivity contribution in [3.8, 4) is 17.2 Å². The summed E-state index contributed by atoms with van der Waals surface area (Å²) in [5.41, 5.74) is 2.03. The van der Waals surface area contributed by atoms with Gasteiger partial charge in [-0.25, -0.2) is 0 Å². The van der Waals surface area contributed by atoms with Crippen molar-refractivity contribution >= 4 is 5.91 Å². The number of carbonyl (C=O) groups excluding carboxylic acids is 1. The highest BCUT2D eigenvalue weighted by molar-refractivity contribution is 5.77. The summed E-state index contributed by atoms with van der Waals surface area (Å²) in [6, 6.07) is 2.14. The minimum Gasteiger partial charge on any atom is -0.508 e. The second-order valence-corrected chi connectivity index (χ2v) is 12.8. The molecule has 5 aliphatic rings. The quantitative estimate of drug-likeness (QED) is 0.294.